The van der Waals surface area contributed by atoms with Crippen molar-refractivity contribution < 1.29 is 19.4 Å². The molecule has 0 saturated carbocycles. The van der Waals surface area contributed by atoms with Gasteiger partial charge in [-0.25, -0.2) is 4.79 Å². The first-order valence-electron chi connectivity index (χ1n) is 9.22. The van der Waals surface area contributed by atoms with Gasteiger partial charge in [-0.3, -0.25) is 9.69 Å². The van der Waals surface area contributed by atoms with Crippen LogP contribution in [0.15, 0.2) is 24.3 Å². The minimum absolute atomic E-state index is 0.0242. The number of ether oxygens (including phenoxy) is 1. The monoisotopic (exact) mass is 397 g/mol. The molecule has 1 aromatic carbocycles. The lowest BCUT2D eigenvalue weighted by molar-refractivity contribution is -0.138. The molecule has 0 spiro atoms. The van der Waals surface area contributed by atoms with Gasteiger partial charge in [0.05, 0.1) is 13.1 Å². The van der Waals surface area contributed by atoms with Crippen LogP contribution in [0, 0.1) is 0 Å². The van der Waals surface area contributed by atoms with Gasteiger partial charge in [0.15, 0.2) is 0 Å². The molecule has 2 atom stereocenters. The lowest BCUT2D eigenvalue weighted by Crippen LogP contribution is -2.44. The number of rotatable bonds is 7. The van der Waals surface area contributed by atoms with E-state index in [0.29, 0.717) is 30.4 Å². The number of carboxylic acids is 1. The Bertz CT molecular complexity index is 626. The van der Waals surface area contributed by atoms with E-state index in [2.05, 4.69) is 5.32 Å². The summed E-state index contributed by atoms with van der Waals surface area (Å²) in [5, 5.41) is 12.5. The van der Waals surface area contributed by atoms with Gasteiger partial charge in [-0.05, 0) is 57.5 Å². The zero-order valence-electron chi connectivity index (χ0n) is 15.9. The van der Waals surface area contributed by atoms with Crippen molar-refractivity contribution in [1.29, 1.82) is 0 Å². The van der Waals surface area contributed by atoms with Crippen molar-refractivity contribution in [3.05, 3.63) is 29.3 Å². The van der Waals surface area contributed by atoms with Gasteiger partial charge in [-0.2, -0.15) is 0 Å². The third kappa shape index (κ3) is 7.27. The Balaban J connectivity index is 1.75. The maximum atomic E-state index is 12.4. The molecule has 7 nitrogen and oxygen atoms in total. The van der Waals surface area contributed by atoms with Crippen molar-refractivity contribution >= 4 is 23.6 Å². The Hall–Kier alpha value is -1.99. The number of carboxylic acid groups (broad SMARTS) is 1. The van der Waals surface area contributed by atoms with Crippen LogP contribution in [-0.4, -0.2) is 72.3 Å². The number of carbonyl (C=O) groups excluding carboxylic acids is 1. The van der Waals surface area contributed by atoms with Gasteiger partial charge in [0.1, 0.15) is 11.9 Å². The molecule has 1 unspecified atom stereocenters. The van der Waals surface area contributed by atoms with Crippen LogP contribution in [0.1, 0.15) is 26.2 Å². The Kier molecular flexibility index (Phi) is 8.19. The molecule has 2 amide bonds. The lowest BCUT2D eigenvalue weighted by Gasteiger charge is -2.26. The molecule has 1 aliphatic heterocycles. The molecule has 150 valence electrons. The maximum Gasteiger partial charge on any atom is 0.317 e. The second-order valence-corrected chi connectivity index (χ2v) is 7.39. The molecule has 0 aliphatic carbocycles. The number of halogens is 1. The van der Waals surface area contributed by atoms with Crippen LogP contribution in [-0.2, 0) is 4.79 Å². The number of amides is 2. The normalized spacial score (nSPS) is 18.7. The van der Waals surface area contributed by atoms with Gasteiger partial charge in [0, 0.05) is 24.2 Å². The third-order valence-electron chi connectivity index (χ3n) is 4.68. The van der Waals surface area contributed by atoms with Crippen LogP contribution in [0.4, 0.5) is 4.79 Å². The number of hydrogen-bond donors (Lipinski definition) is 2. The van der Waals surface area contributed by atoms with Crippen molar-refractivity contribution in [3.63, 3.8) is 0 Å². The van der Waals surface area contributed by atoms with E-state index in [-0.39, 0.29) is 24.7 Å². The summed E-state index contributed by atoms with van der Waals surface area (Å²) in [6.07, 6.45) is 2.35. The van der Waals surface area contributed by atoms with E-state index in [9.17, 15) is 9.59 Å². The fourth-order valence-electron chi connectivity index (χ4n) is 3.20. The van der Waals surface area contributed by atoms with Gasteiger partial charge in [-0.1, -0.05) is 11.6 Å². The maximum absolute atomic E-state index is 12.4. The summed E-state index contributed by atoms with van der Waals surface area (Å²) in [6.45, 7) is 3.62. The summed E-state index contributed by atoms with van der Waals surface area (Å²) >= 11 is 5.85. The van der Waals surface area contributed by atoms with Crippen molar-refractivity contribution in [1.82, 2.24) is 15.1 Å². The molecular formula is C19H28ClN3O4. The van der Waals surface area contributed by atoms with Crippen LogP contribution in [0.5, 0.6) is 5.75 Å². The van der Waals surface area contributed by atoms with E-state index < -0.39 is 5.97 Å². The smallest absolute Gasteiger partial charge is 0.317 e. The minimum Gasteiger partial charge on any atom is -0.489 e. The molecule has 27 heavy (non-hydrogen) atoms. The molecule has 1 heterocycles. The number of urea groups is 1. The van der Waals surface area contributed by atoms with Gasteiger partial charge in [0.2, 0.25) is 0 Å². The van der Waals surface area contributed by atoms with E-state index in [1.165, 1.54) is 0 Å². The number of likely N-dealkylation sites (N-methyl/N-ethyl adjacent to an activating group) is 1. The number of nitrogens with one attached hydrogen (secondary N) is 1. The molecule has 0 radical (unpaired) electrons. The summed E-state index contributed by atoms with van der Waals surface area (Å²) in [5.74, 6) is -0.119. The molecule has 1 aromatic rings. The molecule has 0 aromatic heterocycles. The largest absolute Gasteiger partial charge is 0.489 e. The molecule has 2 N–H and O–H groups in total. The molecule has 2 rings (SSSR count). The number of nitrogens with zero attached hydrogens (tertiary/aromatic N) is 2. The first-order valence-corrected chi connectivity index (χ1v) is 9.60. The summed E-state index contributed by atoms with van der Waals surface area (Å²) in [7, 11) is 1.82. The topological polar surface area (TPSA) is 82.1 Å². The number of likely N-dealkylation sites (tertiary alicyclic amines) is 1. The second-order valence-electron chi connectivity index (χ2n) is 6.95. The van der Waals surface area contributed by atoms with Crippen LogP contribution in [0.2, 0.25) is 5.02 Å². The van der Waals surface area contributed by atoms with Crippen molar-refractivity contribution in [2.75, 3.05) is 33.2 Å². The number of carbonyl (C=O) groups is 2. The van der Waals surface area contributed by atoms with E-state index in [1.54, 1.807) is 29.2 Å². The van der Waals surface area contributed by atoms with Crippen LogP contribution in [0.3, 0.4) is 0 Å². The SMILES string of the molecule is C[C@@H](CNC(=O)N1CCCC(N(C)CC(=O)O)CC1)Oc1ccc(Cl)cc1. The van der Waals surface area contributed by atoms with Crippen LogP contribution in [0.25, 0.3) is 0 Å². The van der Waals surface area contributed by atoms with Crippen molar-refractivity contribution in [2.24, 2.45) is 0 Å². The summed E-state index contributed by atoms with van der Waals surface area (Å²) in [6, 6.07) is 7.19. The van der Waals surface area contributed by atoms with Crippen molar-refractivity contribution in [2.45, 2.75) is 38.3 Å². The van der Waals surface area contributed by atoms with Gasteiger partial charge in [0.25, 0.3) is 0 Å². The molecular weight excluding hydrogens is 370 g/mol. The lowest BCUT2D eigenvalue weighted by atomic mass is 10.1. The quantitative estimate of drug-likeness (QED) is 0.739. The van der Waals surface area contributed by atoms with E-state index in [1.807, 2.05) is 18.9 Å². The summed E-state index contributed by atoms with van der Waals surface area (Å²) in [5.41, 5.74) is 0. The van der Waals surface area contributed by atoms with E-state index in [0.717, 1.165) is 19.3 Å². The van der Waals surface area contributed by atoms with E-state index >= 15 is 0 Å². The second kappa shape index (κ2) is 10.4. The molecule has 1 fully saturated rings. The minimum atomic E-state index is -0.828. The highest BCUT2D eigenvalue weighted by Gasteiger charge is 2.24. The predicted octanol–water partition coefficient (Wildman–Crippen LogP) is 2.69. The molecule has 1 aliphatic rings. The van der Waals surface area contributed by atoms with Gasteiger partial charge in [-0.15, -0.1) is 0 Å². The fraction of sp³-hybridized carbons (Fsp3) is 0.579. The van der Waals surface area contributed by atoms with Gasteiger partial charge >= 0.3 is 12.0 Å². The Labute approximate surface area is 165 Å². The standard InChI is InChI=1S/C19H28ClN3O4/c1-14(27-17-7-5-15(20)6-8-17)12-21-19(26)23-10-3-4-16(9-11-23)22(2)13-18(24)25/h5-8,14,16H,3-4,9-13H2,1-2H3,(H,21,26)(H,24,25)/t14-,16?/m0/s1. The number of aliphatic carboxylic acids is 1. The summed E-state index contributed by atoms with van der Waals surface area (Å²) in [4.78, 5) is 27.0. The predicted molar refractivity (Wildman–Crippen MR) is 104 cm³/mol. The highest BCUT2D eigenvalue weighted by Crippen LogP contribution is 2.17. The van der Waals surface area contributed by atoms with E-state index in [4.69, 9.17) is 21.4 Å². The summed E-state index contributed by atoms with van der Waals surface area (Å²) < 4.78 is 5.76. The number of benzene rings is 1. The molecule has 0 bridgehead atoms. The average Bonchev–Trinajstić information content (AvgIpc) is 2.87. The zero-order chi connectivity index (χ0) is 19.8. The first kappa shape index (κ1) is 21.3. The molecule has 8 heteroatoms. The fourth-order valence-corrected chi connectivity index (χ4v) is 3.32. The zero-order valence-corrected chi connectivity index (χ0v) is 16.6. The highest BCUT2D eigenvalue weighted by molar-refractivity contribution is 6.30. The number of hydrogen-bond acceptors (Lipinski definition) is 4. The molecule has 1 saturated heterocycles. The van der Waals surface area contributed by atoms with Crippen molar-refractivity contribution in [3.8, 4) is 5.75 Å². The highest BCUT2D eigenvalue weighted by atomic mass is 35.5. The third-order valence-corrected chi connectivity index (χ3v) is 4.94. The average molecular weight is 398 g/mol. The van der Waals surface area contributed by atoms with Crippen LogP contribution < -0.4 is 10.1 Å². The van der Waals surface area contributed by atoms with Crippen LogP contribution >= 0.6 is 11.6 Å². The Morgan fingerprint density at radius 2 is 2.04 bits per heavy atom. The van der Waals surface area contributed by atoms with Gasteiger partial charge < -0.3 is 20.1 Å². The Morgan fingerprint density at radius 1 is 1.33 bits per heavy atom. The first-order chi connectivity index (χ1) is 12.8. The Morgan fingerprint density at radius 3 is 2.70 bits per heavy atom.